The van der Waals surface area contributed by atoms with Crippen molar-refractivity contribution in [1.29, 1.82) is 5.26 Å². The van der Waals surface area contributed by atoms with Gasteiger partial charge in [0.05, 0.1) is 7.11 Å². The lowest BCUT2D eigenvalue weighted by Crippen LogP contribution is -2.57. The first-order chi connectivity index (χ1) is 7.00. The monoisotopic (exact) mass is 215 g/mol. The summed E-state index contributed by atoms with van der Waals surface area (Å²) < 4.78 is 18.6. The highest BCUT2D eigenvalue weighted by molar-refractivity contribution is 5.84. The number of carbonyl (C=O) groups excluding carboxylic acids is 1. The van der Waals surface area contributed by atoms with Gasteiger partial charge in [-0.1, -0.05) is 19.3 Å². The minimum atomic E-state index is -2.66. The second-order valence-corrected chi connectivity index (χ2v) is 3.84. The van der Waals surface area contributed by atoms with E-state index in [4.69, 9.17) is 5.26 Å². The summed E-state index contributed by atoms with van der Waals surface area (Å²) in [5, 5.41) is 18.5. The van der Waals surface area contributed by atoms with Crippen molar-refractivity contribution in [2.24, 2.45) is 0 Å². The van der Waals surface area contributed by atoms with Crippen molar-refractivity contribution in [1.82, 2.24) is 0 Å². The van der Waals surface area contributed by atoms with E-state index >= 15 is 0 Å². The van der Waals surface area contributed by atoms with Crippen LogP contribution in [-0.4, -0.2) is 29.5 Å². The molecule has 0 saturated heterocycles. The van der Waals surface area contributed by atoms with Crippen LogP contribution in [0.25, 0.3) is 0 Å². The van der Waals surface area contributed by atoms with Crippen molar-refractivity contribution in [3.8, 4) is 6.07 Å². The summed E-state index contributed by atoms with van der Waals surface area (Å²) in [5.74, 6) is -1.21. The third-order valence-electron chi connectivity index (χ3n) is 2.94. The van der Waals surface area contributed by atoms with Gasteiger partial charge in [0.25, 0.3) is 5.60 Å². The SMILES string of the molecule is COC(=O)C(O)(C#N)C1(F)CCCCC1. The molecule has 1 rings (SSSR count). The molecule has 0 bridgehead atoms. The first-order valence-electron chi connectivity index (χ1n) is 4.91. The van der Waals surface area contributed by atoms with E-state index in [2.05, 4.69) is 4.74 Å². The Balaban J connectivity index is 2.99. The molecule has 0 heterocycles. The van der Waals surface area contributed by atoms with E-state index in [0.717, 1.165) is 13.5 Å². The summed E-state index contributed by atoms with van der Waals surface area (Å²) in [6.07, 6.45) is 2.03. The van der Waals surface area contributed by atoms with E-state index < -0.39 is 17.2 Å². The van der Waals surface area contributed by atoms with Crippen LogP contribution in [0.3, 0.4) is 0 Å². The fourth-order valence-electron chi connectivity index (χ4n) is 1.95. The van der Waals surface area contributed by atoms with Crippen LogP contribution < -0.4 is 0 Å². The smallest absolute Gasteiger partial charge is 0.356 e. The molecule has 1 N–H and O–H groups in total. The molecule has 5 heteroatoms. The molecule has 1 atom stereocenters. The molecule has 0 amide bonds. The number of alkyl halides is 1. The molecule has 0 radical (unpaired) electrons. The fraction of sp³-hybridized carbons (Fsp3) is 0.800. The Morgan fingerprint density at radius 3 is 2.47 bits per heavy atom. The Morgan fingerprint density at radius 2 is 2.07 bits per heavy atom. The number of ether oxygens (including phenoxy) is 1. The number of nitriles is 1. The zero-order valence-electron chi connectivity index (χ0n) is 8.62. The van der Waals surface area contributed by atoms with Gasteiger partial charge in [-0.15, -0.1) is 0 Å². The maximum atomic E-state index is 14.3. The Bertz CT molecular complexity index is 294. The number of halogens is 1. The Kier molecular flexibility index (Phi) is 3.30. The van der Waals surface area contributed by atoms with Gasteiger partial charge in [0.2, 0.25) is 0 Å². The third kappa shape index (κ3) is 1.82. The molecule has 1 fully saturated rings. The molecular formula is C10H14FNO3. The van der Waals surface area contributed by atoms with E-state index in [1.807, 2.05) is 0 Å². The summed E-state index contributed by atoms with van der Waals surface area (Å²) in [7, 11) is 1.02. The predicted octanol–water partition coefficient (Wildman–Crippen LogP) is 1.09. The fourth-order valence-corrected chi connectivity index (χ4v) is 1.95. The van der Waals surface area contributed by atoms with Crippen LogP contribution in [0.5, 0.6) is 0 Å². The van der Waals surface area contributed by atoms with Gasteiger partial charge in [-0.3, -0.25) is 0 Å². The quantitative estimate of drug-likeness (QED) is 0.553. The molecule has 1 aliphatic rings. The van der Waals surface area contributed by atoms with E-state index in [0.29, 0.717) is 12.8 Å². The summed E-state index contributed by atoms with van der Waals surface area (Å²) >= 11 is 0. The first-order valence-corrected chi connectivity index (χ1v) is 4.91. The molecule has 0 aromatic heterocycles. The molecule has 4 nitrogen and oxygen atoms in total. The number of nitrogens with zero attached hydrogens (tertiary/aromatic N) is 1. The summed E-state index contributed by atoms with van der Waals surface area (Å²) in [6.45, 7) is 0. The van der Waals surface area contributed by atoms with Gasteiger partial charge in [0.1, 0.15) is 6.07 Å². The Labute approximate surface area is 87.6 Å². The zero-order valence-corrected chi connectivity index (χ0v) is 8.62. The molecule has 0 aromatic carbocycles. The second-order valence-electron chi connectivity index (χ2n) is 3.84. The first kappa shape index (κ1) is 11.9. The summed E-state index contributed by atoms with van der Waals surface area (Å²) in [4.78, 5) is 11.2. The molecule has 1 saturated carbocycles. The highest BCUT2D eigenvalue weighted by Crippen LogP contribution is 2.40. The molecule has 0 spiro atoms. The number of esters is 1. The van der Waals surface area contributed by atoms with Crippen molar-refractivity contribution in [2.45, 2.75) is 43.4 Å². The van der Waals surface area contributed by atoms with Gasteiger partial charge >= 0.3 is 5.97 Å². The van der Waals surface area contributed by atoms with Gasteiger partial charge in [-0.05, 0) is 12.8 Å². The Hall–Kier alpha value is -1.15. The normalized spacial score (nSPS) is 23.6. The lowest BCUT2D eigenvalue weighted by Gasteiger charge is -2.36. The Morgan fingerprint density at radius 1 is 1.53 bits per heavy atom. The number of carbonyl (C=O) groups is 1. The minimum Gasteiger partial charge on any atom is -0.466 e. The van der Waals surface area contributed by atoms with Crippen LogP contribution in [0.15, 0.2) is 0 Å². The number of aliphatic hydroxyl groups is 1. The van der Waals surface area contributed by atoms with Gasteiger partial charge in [0, 0.05) is 0 Å². The van der Waals surface area contributed by atoms with Crippen molar-refractivity contribution < 1.29 is 19.0 Å². The number of hydrogen-bond acceptors (Lipinski definition) is 4. The van der Waals surface area contributed by atoms with Crippen LogP contribution in [0.4, 0.5) is 4.39 Å². The maximum absolute atomic E-state index is 14.3. The molecule has 84 valence electrons. The lowest BCUT2D eigenvalue weighted by atomic mass is 9.74. The van der Waals surface area contributed by atoms with Crippen molar-refractivity contribution in [3.63, 3.8) is 0 Å². The van der Waals surface area contributed by atoms with Crippen molar-refractivity contribution in [3.05, 3.63) is 0 Å². The van der Waals surface area contributed by atoms with Gasteiger partial charge in [-0.25, -0.2) is 9.18 Å². The minimum absolute atomic E-state index is 0.0200. The molecule has 1 aliphatic carbocycles. The highest BCUT2D eigenvalue weighted by atomic mass is 19.1. The van der Waals surface area contributed by atoms with Crippen LogP contribution in [0.2, 0.25) is 0 Å². The lowest BCUT2D eigenvalue weighted by molar-refractivity contribution is -0.174. The molecular weight excluding hydrogens is 201 g/mol. The average Bonchev–Trinajstić information content (AvgIpc) is 2.27. The third-order valence-corrected chi connectivity index (χ3v) is 2.94. The predicted molar refractivity (Wildman–Crippen MR) is 49.5 cm³/mol. The van der Waals surface area contributed by atoms with E-state index in [1.54, 1.807) is 0 Å². The van der Waals surface area contributed by atoms with Crippen LogP contribution in [0.1, 0.15) is 32.1 Å². The summed E-state index contributed by atoms with van der Waals surface area (Å²) in [6, 6.07) is 1.35. The summed E-state index contributed by atoms with van der Waals surface area (Å²) in [5.41, 5.74) is -4.84. The molecule has 15 heavy (non-hydrogen) atoms. The van der Waals surface area contributed by atoms with Gasteiger partial charge in [0.15, 0.2) is 5.67 Å². The van der Waals surface area contributed by atoms with E-state index in [1.165, 1.54) is 6.07 Å². The number of methoxy groups -OCH3 is 1. The van der Waals surface area contributed by atoms with Gasteiger partial charge in [-0.2, -0.15) is 5.26 Å². The molecule has 0 aromatic rings. The average molecular weight is 215 g/mol. The zero-order chi connectivity index (χ0) is 11.5. The maximum Gasteiger partial charge on any atom is 0.356 e. The second kappa shape index (κ2) is 4.15. The van der Waals surface area contributed by atoms with Crippen LogP contribution >= 0.6 is 0 Å². The van der Waals surface area contributed by atoms with E-state index in [9.17, 15) is 14.3 Å². The molecule has 0 aliphatic heterocycles. The number of rotatable bonds is 2. The van der Waals surface area contributed by atoms with Crippen molar-refractivity contribution >= 4 is 5.97 Å². The van der Waals surface area contributed by atoms with Crippen LogP contribution in [0, 0.1) is 11.3 Å². The largest absolute Gasteiger partial charge is 0.466 e. The standard InChI is InChI=1S/C10H14FNO3/c1-15-8(13)10(14,7-12)9(11)5-3-2-4-6-9/h14H,2-6H2,1H3. The number of hydrogen-bond donors (Lipinski definition) is 1. The highest BCUT2D eigenvalue weighted by Gasteiger charge is 2.58. The van der Waals surface area contributed by atoms with E-state index in [-0.39, 0.29) is 12.8 Å². The van der Waals surface area contributed by atoms with Crippen LogP contribution in [-0.2, 0) is 9.53 Å². The van der Waals surface area contributed by atoms with Gasteiger partial charge < -0.3 is 9.84 Å². The molecule has 1 unspecified atom stereocenters. The topological polar surface area (TPSA) is 70.3 Å². The van der Waals surface area contributed by atoms with Crippen molar-refractivity contribution in [2.75, 3.05) is 7.11 Å².